The third-order valence-corrected chi connectivity index (χ3v) is 5.39. The van der Waals surface area contributed by atoms with Crippen LogP contribution < -0.4 is 0 Å². The lowest BCUT2D eigenvalue weighted by atomic mass is 10.2. The number of ether oxygens (including phenoxy) is 2. The van der Waals surface area contributed by atoms with Crippen molar-refractivity contribution in [3.8, 4) is 0 Å². The zero-order valence-electron chi connectivity index (χ0n) is 15.6. The van der Waals surface area contributed by atoms with Gasteiger partial charge in [0.25, 0.3) is 0 Å². The normalized spacial score (nSPS) is 15.4. The maximum absolute atomic E-state index is 12.3. The monoisotopic (exact) mass is 365 g/mol. The lowest BCUT2D eigenvalue weighted by molar-refractivity contribution is -0.0163. The Balaban J connectivity index is 2.33. The molecule has 0 aromatic carbocycles. The smallest absolute Gasteiger partial charge is 0.412 e. The minimum atomic E-state index is -3.02. The average molecular weight is 365 g/mol. The van der Waals surface area contributed by atoms with E-state index in [1.807, 2.05) is 20.8 Å². The van der Waals surface area contributed by atoms with E-state index in [4.69, 9.17) is 18.5 Å². The van der Waals surface area contributed by atoms with E-state index >= 15 is 0 Å². The Kier molecular flexibility index (Phi) is 8.71. The minimum Gasteiger partial charge on any atom is -0.444 e. The second kappa shape index (κ2) is 9.76. The second-order valence-corrected chi connectivity index (χ2v) is 8.93. The summed E-state index contributed by atoms with van der Waals surface area (Å²) in [5, 5.41) is 0. The van der Waals surface area contributed by atoms with Crippen LogP contribution in [-0.4, -0.2) is 55.3 Å². The summed E-state index contributed by atoms with van der Waals surface area (Å²) in [6.45, 7) is 10.4. The molecule has 0 aromatic heterocycles. The van der Waals surface area contributed by atoms with Crippen LogP contribution in [0, 0.1) is 0 Å². The van der Waals surface area contributed by atoms with Crippen molar-refractivity contribution >= 4 is 13.7 Å². The fraction of sp³-hybridized carbons (Fsp3) is 0.938. The Morgan fingerprint density at radius 2 is 1.75 bits per heavy atom. The molecule has 0 N–H and O–H groups in total. The van der Waals surface area contributed by atoms with Crippen LogP contribution in [0.25, 0.3) is 0 Å². The van der Waals surface area contributed by atoms with Crippen molar-refractivity contribution in [1.82, 2.24) is 4.90 Å². The Hall–Kier alpha value is -0.620. The topological polar surface area (TPSA) is 74.3 Å². The van der Waals surface area contributed by atoms with Gasteiger partial charge in [0, 0.05) is 12.6 Å². The lowest BCUT2D eigenvalue weighted by Gasteiger charge is -2.27. The molecule has 1 aliphatic carbocycles. The first-order valence-corrected chi connectivity index (χ1v) is 10.4. The zero-order chi connectivity index (χ0) is 18.2. The number of carbonyl (C=O) groups is 1. The summed E-state index contributed by atoms with van der Waals surface area (Å²) in [6, 6.07) is 0.206. The van der Waals surface area contributed by atoms with Gasteiger partial charge in [0.1, 0.15) is 12.3 Å². The van der Waals surface area contributed by atoms with Gasteiger partial charge in [-0.2, -0.15) is 0 Å². The van der Waals surface area contributed by atoms with Gasteiger partial charge in [0.2, 0.25) is 0 Å². The molecule has 142 valence electrons. The van der Waals surface area contributed by atoms with Crippen molar-refractivity contribution < 1.29 is 27.9 Å². The molecular weight excluding hydrogens is 333 g/mol. The van der Waals surface area contributed by atoms with Crippen LogP contribution in [0.15, 0.2) is 0 Å². The first kappa shape index (κ1) is 21.4. The molecular formula is C16H32NO6P. The quantitative estimate of drug-likeness (QED) is 0.313. The summed E-state index contributed by atoms with van der Waals surface area (Å²) < 4.78 is 33.7. The molecule has 1 saturated carbocycles. The first-order valence-electron chi connectivity index (χ1n) is 8.66. The van der Waals surface area contributed by atoms with Crippen molar-refractivity contribution in [2.45, 2.75) is 65.5 Å². The highest BCUT2D eigenvalue weighted by molar-refractivity contribution is 7.53. The third-order valence-electron chi connectivity index (χ3n) is 3.22. The van der Waals surface area contributed by atoms with E-state index in [9.17, 15) is 9.36 Å². The van der Waals surface area contributed by atoms with Crippen LogP contribution in [-0.2, 0) is 23.1 Å². The summed E-state index contributed by atoms with van der Waals surface area (Å²) >= 11 is 0. The van der Waals surface area contributed by atoms with Gasteiger partial charge in [-0.05, 0) is 53.9 Å². The van der Waals surface area contributed by atoms with Gasteiger partial charge < -0.3 is 18.5 Å². The summed E-state index contributed by atoms with van der Waals surface area (Å²) in [4.78, 5) is 13.8. The summed E-state index contributed by atoms with van der Waals surface area (Å²) in [6.07, 6.45) is 2.47. The Morgan fingerprint density at radius 1 is 1.17 bits per heavy atom. The molecule has 0 spiro atoms. The first-order chi connectivity index (χ1) is 11.2. The van der Waals surface area contributed by atoms with Crippen LogP contribution in [0.5, 0.6) is 0 Å². The molecule has 8 heteroatoms. The highest BCUT2D eigenvalue weighted by atomic mass is 31.2. The summed E-state index contributed by atoms with van der Waals surface area (Å²) in [7, 11) is -3.02. The number of amides is 1. The largest absolute Gasteiger partial charge is 0.444 e. The van der Waals surface area contributed by atoms with Crippen molar-refractivity contribution in [3.05, 3.63) is 0 Å². The Labute approximate surface area is 145 Å². The summed E-state index contributed by atoms with van der Waals surface area (Å²) in [5.74, 6) is 0. The van der Waals surface area contributed by atoms with E-state index < -0.39 is 13.2 Å². The molecule has 1 rings (SSSR count). The van der Waals surface area contributed by atoms with Crippen molar-refractivity contribution in [2.24, 2.45) is 0 Å². The number of carbonyl (C=O) groups excluding carboxylic acids is 1. The van der Waals surface area contributed by atoms with Gasteiger partial charge in [-0.3, -0.25) is 9.46 Å². The molecule has 1 amide bonds. The highest BCUT2D eigenvalue weighted by Crippen LogP contribution is 2.48. The molecule has 24 heavy (non-hydrogen) atoms. The fourth-order valence-corrected chi connectivity index (χ4v) is 3.73. The highest BCUT2D eigenvalue weighted by Gasteiger charge is 2.35. The van der Waals surface area contributed by atoms with E-state index in [0.717, 1.165) is 12.8 Å². The van der Waals surface area contributed by atoms with Crippen LogP contribution in [0.1, 0.15) is 53.9 Å². The predicted molar refractivity (Wildman–Crippen MR) is 92.3 cm³/mol. The predicted octanol–water partition coefficient (Wildman–Crippen LogP) is 4.02. The average Bonchev–Trinajstić information content (AvgIpc) is 3.25. The van der Waals surface area contributed by atoms with Crippen molar-refractivity contribution in [3.63, 3.8) is 0 Å². The van der Waals surface area contributed by atoms with Crippen LogP contribution >= 0.6 is 7.60 Å². The van der Waals surface area contributed by atoms with E-state index in [0.29, 0.717) is 32.4 Å². The van der Waals surface area contributed by atoms with E-state index in [1.165, 1.54) is 0 Å². The molecule has 0 aromatic rings. The molecule has 0 heterocycles. The van der Waals surface area contributed by atoms with Crippen molar-refractivity contribution in [2.75, 3.05) is 32.7 Å². The van der Waals surface area contributed by atoms with Gasteiger partial charge in [-0.25, -0.2) is 4.79 Å². The van der Waals surface area contributed by atoms with Crippen LogP contribution in [0.4, 0.5) is 4.79 Å². The Bertz CT molecular complexity index is 423. The molecule has 1 aliphatic rings. The molecule has 0 unspecified atom stereocenters. The number of hydrogen-bond donors (Lipinski definition) is 0. The van der Waals surface area contributed by atoms with Gasteiger partial charge in [-0.15, -0.1) is 0 Å². The SMILES string of the molecule is CCOP(=O)(CCCOCN(C(=O)OC(C)(C)C)C1CC1)OCC. The van der Waals surface area contributed by atoms with E-state index in [2.05, 4.69) is 0 Å². The Morgan fingerprint density at radius 3 is 2.21 bits per heavy atom. The maximum atomic E-state index is 12.3. The van der Waals surface area contributed by atoms with Gasteiger partial charge in [-0.1, -0.05) is 0 Å². The number of hydrogen-bond acceptors (Lipinski definition) is 6. The van der Waals surface area contributed by atoms with Gasteiger partial charge in [0.15, 0.2) is 0 Å². The van der Waals surface area contributed by atoms with E-state index in [1.54, 1.807) is 18.7 Å². The number of rotatable bonds is 11. The van der Waals surface area contributed by atoms with Crippen LogP contribution in [0.3, 0.4) is 0 Å². The fourth-order valence-electron chi connectivity index (χ4n) is 2.10. The lowest BCUT2D eigenvalue weighted by Crippen LogP contribution is -2.39. The molecule has 0 aliphatic heterocycles. The molecule has 1 fully saturated rings. The van der Waals surface area contributed by atoms with Crippen molar-refractivity contribution in [1.29, 1.82) is 0 Å². The molecule has 0 radical (unpaired) electrons. The van der Waals surface area contributed by atoms with E-state index in [-0.39, 0.29) is 18.9 Å². The van der Waals surface area contributed by atoms with Crippen LogP contribution in [0.2, 0.25) is 0 Å². The minimum absolute atomic E-state index is 0.188. The molecule has 0 bridgehead atoms. The summed E-state index contributed by atoms with van der Waals surface area (Å²) in [5.41, 5.74) is -0.522. The molecule has 0 saturated heterocycles. The third kappa shape index (κ3) is 8.47. The number of nitrogens with zero attached hydrogens (tertiary/aromatic N) is 1. The molecule has 7 nitrogen and oxygen atoms in total. The second-order valence-electron chi connectivity index (χ2n) is 6.74. The van der Waals surface area contributed by atoms with Gasteiger partial charge >= 0.3 is 13.7 Å². The standard InChI is InChI=1S/C16H32NO6P/c1-6-21-24(19,22-7-2)12-8-11-20-13-17(14-9-10-14)15(18)23-16(3,4)5/h14H,6-13H2,1-5H3. The van der Waals surface area contributed by atoms with Gasteiger partial charge in [0.05, 0.1) is 19.4 Å². The molecule has 0 atom stereocenters. The maximum Gasteiger partial charge on any atom is 0.412 e. The zero-order valence-corrected chi connectivity index (χ0v) is 16.5.